The molecule has 1 aliphatic heterocycles. The molecule has 1 unspecified atom stereocenters. The molecule has 1 aromatic rings. The number of amides is 1. The normalized spacial score (nSPS) is 23.6. The third kappa shape index (κ3) is 2.77. The number of carbonyl (C=O) groups excluding carboxylic acids is 1. The van der Waals surface area contributed by atoms with Gasteiger partial charge in [0.1, 0.15) is 5.60 Å². The van der Waals surface area contributed by atoms with E-state index in [2.05, 4.69) is 5.32 Å². The first kappa shape index (κ1) is 11.9. The second-order valence-corrected chi connectivity index (χ2v) is 4.61. The summed E-state index contributed by atoms with van der Waals surface area (Å²) in [6.07, 6.45) is 1.74. The first-order valence-electron chi connectivity index (χ1n) is 5.87. The van der Waals surface area contributed by atoms with Crippen molar-refractivity contribution in [1.29, 1.82) is 0 Å². The van der Waals surface area contributed by atoms with Gasteiger partial charge in [-0.2, -0.15) is 0 Å². The minimum Gasteiger partial charge on any atom is -0.399 e. The standard InChI is InChI=1S/C13H18N2O2/c1-13(7-2-8-17-13)12(16)15-9-10-3-5-11(14)6-4-10/h3-6H,2,7-9,14H2,1H3,(H,15,16). The second kappa shape index (κ2) is 4.75. The minimum atomic E-state index is -0.645. The summed E-state index contributed by atoms with van der Waals surface area (Å²) in [5, 5.41) is 2.90. The Morgan fingerprint density at radius 3 is 2.76 bits per heavy atom. The molecule has 0 radical (unpaired) electrons. The SMILES string of the molecule is CC1(C(=O)NCc2ccc(N)cc2)CCCO1. The number of nitrogens with two attached hydrogens (primary N) is 1. The van der Waals surface area contributed by atoms with Gasteiger partial charge in [-0.3, -0.25) is 4.79 Å². The maximum Gasteiger partial charge on any atom is 0.252 e. The highest BCUT2D eigenvalue weighted by molar-refractivity contribution is 5.84. The summed E-state index contributed by atoms with van der Waals surface area (Å²) in [5.74, 6) is -0.0353. The number of rotatable bonds is 3. The van der Waals surface area contributed by atoms with Gasteiger partial charge in [0, 0.05) is 18.8 Å². The fourth-order valence-electron chi connectivity index (χ4n) is 1.96. The molecule has 17 heavy (non-hydrogen) atoms. The van der Waals surface area contributed by atoms with E-state index >= 15 is 0 Å². The van der Waals surface area contributed by atoms with Gasteiger partial charge < -0.3 is 15.8 Å². The molecule has 4 heteroatoms. The molecule has 0 spiro atoms. The molecular formula is C13H18N2O2. The van der Waals surface area contributed by atoms with Crippen molar-refractivity contribution in [2.75, 3.05) is 12.3 Å². The Balaban J connectivity index is 1.89. The molecule has 1 aliphatic rings. The van der Waals surface area contributed by atoms with Gasteiger partial charge in [-0.25, -0.2) is 0 Å². The Morgan fingerprint density at radius 2 is 2.18 bits per heavy atom. The van der Waals surface area contributed by atoms with Gasteiger partial charge in [0.15, 0.2) is 0 Å². The number of nitrogen functional groups attached to an aromatic ring is 1. The van der Waals surface area contributed by atoms with E-state index in [0.717, 1.165) is 24.1 Å². The van der Waals surface area contributed by atoms with Crippen molar-refractivity contribution in [3.8, 4) is 0 Å². The van der Waals surface area contributed by atoms with Gasteiger partial charge in [0.05, 0.1) is 0 Å². The van der Waals surface area contributed by atoms with Crippen LogP contribution in [0, 0.1) is 0 Å². The number of hydrogen-bond donors (Lipinski definition) is 2. The number of ether oxygens (including phenoxy) is 1. The fourth-order valence-corrected chi connectivity index (χ4v) is 1.96. The first-order chi connectivity index (χ1) is 8.10. The molecule has 1 heterocycles. The Kier molecular flexibility index (Phi) is 3.33. The van der Waals surface area contributed by atoms with E-state index < -0.39 is 5.60 Å². The van der Waals surface area contributed by atoms with Gasteiger partial charge in [-0.1, -0.05) is 12.1 Å². The van der Waals surface area contributed by atoms with Crippen LogP contribution in [0.1, 0.15) is 25.3 Å². The molecule has 1 atom stereocenters. The minimum absolute atomic E-state index is 0.0353. The molecule has 2 rings (SSSR count). The van der Waals surface area contributed by atoms with Gasteiger partial charge >= 0.3 is 0 Å². The molecule has 0 bridgehead atoms. The summed E-state index contributed by atoms with van der Waals surface area (Å²) >= 11 is 0. The smallest absolute Gasteiger partial charge is 0.252 e. The lowest BCUT2D eigenvalue weighted by molar-refractivity contribution is -0.139. The van der Waals surface area contributed by atoms with E-state index in [1.165, 1.54) is 0 Å². The maximum atomic E-state index is 11.9. The predicted octanol–water partition coefficient (Wildman–Crippen LogP) is 1.45. The Bertz CT molecular complexity index is 394. The van der Waals surface area contributed by atoms with Crippen LogP contribution >= 0.6 is 0 Å². The van der Waals surface area contributed by atoms with Crippen LogP contribution < -0.4 is 11.1 Å². The number of nitrogens with one attached hydrogen (secondary N) is 1. The third-order valence-corrected chi connectivity index (χ3v) is 3.13. The molecule has 0 aromatic heterocycles. The highest BCUT2D eigenvalue weighted by atomic mass is 16.5. The van der Waals surface area contributed by atoms with Crippen molar-refractivity contribution in [1.82, 2.24) is 5.32 Å². The van der Waals surface area contributed by atoms with Crippen molar-refractivity contribution in [2.45, 2.75) is 31.9 Å². The van der Waals surface area contributed by atoms with Gasteiger partial charge in [-0.15, -0.1) is 0 Å². The van der Waals surface area contributed by atoms with Crippen LogP contribution in [0.15, 0.2) is 24.3 Å². The van der Waals surface area contributed by atoms with E-state index in [9.17, 15) is 4.79 Å². The molecule has 1 amide bonds. The molecule has 0 saturated carbocycles. The van der Waals surface area contributed by atoms with E-state index in [-0.39, 0.29) is 5.91 Å². The molecule has 3 N–H and O–H groups in total. The van der Waals surface area contributed by atoms with Gasteiger partial charge in [-0.05, 0) is 37.5 Å². The van der Waals surface area contributed by atoms with Crippen molar-refractivity contribution in [2.24, 2.45) is 0 Å². The zero-order chi connectivity index (χ0) is 12.3. The monoisotopic (exact) mass is 234 g/mol. The average molecular weight is 234 g/mol. The molecule has 1 fully saturated rings. The van der Waals surface area contributed by atoms with E-state index in [0.29, 0.717) is 13.2 Å². The number of benzene rings is 1. The van der Waals surface area contributed by atoms with E-state index in [1.54, 1.807) is 0 Å². The molecule has 4 nitrogen and oxygen atoms in total. The predicted molar refractivity (Wildman–Crippen MR) is 66.3 cm³/mol. The summed E-state index contributed by atoms with van der Waals surface area (Å²) in [5.41, 5.74) is 6.72. The van der Waals surface area contributed by atoms with Crippen LogP contribution in [0.25, 0.3) is 0 Å². The lowest BCUT2D eigenvalue weighted by Gasteiger charge is -2.21. The first-order valence-corrected chi connectivity index (χ1v) is 5.87. The molecule has 0 aliphatic carbocycles. The van der Waals surface area contributed by atoms with Gasteiger partial charge in [0.2, 0.25) is 0 Å². The number of anilines is 1. The quantitative estimate of drug-likeness (QED) is 0.778. The highest BCUT2D eigenvalue weighted by Gasteiger charge is 2.37. The zero-order valence-corrected chi connectivity index (χ0v) is 10.0. The second-order valence-electron chi connectivity index (χ2n) is 4.61. The fraction of sp³-hybridized carbons (Fsp3) is 0.462. The van der Waals surface area contributed by atoms with Crippen LogP contribution in [0.3, 0.4) is 0 Å². The Labute approximate surface area is 101 Å². The lowest BCUT2D eigenvalue weighted by atomic mass is 10.0. The zero-order valence-electron chi connectivity index (χ0n) is 10.0. The molecule has 1 aromatic carbocycles. The average Bonchev–Trinajstić information content (AvgIpc) is 2.76. The summed E-state index contributed by atoms with van der Waals surface area (Å²) < 4.78 is 5.48. The van der Waals surface area contributed by atoms with E-state index in [1.807, 2.05) is 31.2 Å². The number of carbonyl (C=O) groups is 1. The van der Waals surface area contributed by atoms with Gasteiger partial charge in [0.25, 0.3) is 5.91 Å². The largest absolute Gasteiger partial charge is 0.399 e. The summed E-state index contributed by atoms with van der Waals surface area (Å²) in [7, 11) is 0. The molecule has 92 valence electrons. The Morgan fingerprint density at radius 1 is 1.47 bits per heavy atom. The van der Waals surface area contributed by atoms with Crippen LogP contribution in [0.5, 0.6) is 0 Å². The molecular weight excluding hydrogens is 216 g/mol. The maximum absolute atomic E-state index is 11.9. The van der Waals surface area contributed by atoms with Crippen molar-refractivity contribution >= 4 is 11.6 Å². The summed E-state index contributed by atoms with van der Waals surface area (Å²) in [6, 6.07) is 7.48. The summed E-state index contributed by atoms with van der Waals surface area (Å²) in [4.78, 5) is 11.9. The van der Waals surface area contributed by atoms with Crippen LogP contribution in [-0.4, -0.2) is 18.1 Å². The summed E-state index contributed by atoms with van der Waals surface area (Å²) in [6.45, 7) is 3.03. The highest BCUT2D eigenvalue weighted by Crippen LogP contribution is 2.25. The van der Waals surface area contributed by atoms with Crippen molar-refractivity contribution < 1.29 is 9.53 Å². The van der Waals surface area contributed by atoms with Crippen molar-refractivity contribution in [3.05, 3.63) is 29.8 Å². The Hall–Kier alpha value is -1.55. The van der Waals surface area contributed by atoms with E-state index in [4.69, 9.17) is 10.5 Å². The van der Waals surface area contributed by atoms with Crippen LogP contribution in [0.4, 0.5) is 5.69 Å². The third-order valence-electron chi connectivity index (χ3n) is 3.13. The van der Waals surface area contributed by atoms with Crippen LogP contribution in [-0.2, 0) is 16.1 Å². The lowest BCUT2D eigenvalue weighted by Crippen LogP contribution is -2.43. The topological polar surface area (TPSA) is 64.4 Å². The van der Waals surface area contributed by atoms with Crippen molar-refractivity contribution in [3.63, 3.8) is 0 Å². The van der Waals surface area contributed by atoms with Crippen LogP contribution in [0.2, 0.25) is 0 Å². The molecule has 1 saturated heterocycles. The number of hydrogen-bond acceptors (Lipinski definition) is 3.